The van der Waals surface area contributed by atoms with E-state index in [9.17, 15) is 0 Å². The molecule has 2 N–H and O–H groups in total. The van der Waals surface area contributed by atoms with Gasteiger partial charge in [-0.1, -0.05) is 61.5 Å². The Morgan fingerprint density at radius 2 is 1.56 bits per heavy atom. The molecule has 0 aliphatic rings. The lowest BCUT2D eigenvalue weighted by Crippen LogP contribution is -2.21. The van der Waals surface area contributed by atoms with Gasteiger partial charge in [0.05, 0.1) is 0 Å². The van der Waals surface area contributed by atoms with E-state index in [1.54, 1.807) is 0 Å². The van der Waals surface area contributed by atoms with E-state index in [1.165, 1.54) is 16.7 Å². The zero-order valence-electron chi connectivity index (χ0n) is 10.7. The van der Waals surface area contributed by atoms with Gasteiger partial charge in [0.2, 0.25) is 0 Å². The second kappa shape index (κ2) is 7.20. The van der Waals surface area contributed by atoms with Crippen LogP contribution in [-0.4, -0.2) is 6.04 Å². The zero-order chi connectivity index (χ0) is 12.1. The van der Waals surface area contributed by atoms with Gasteiger partial charge >= 0.3 is 0 Å². The van der Waals surface area contributed by atoms with Gasteiger partial charge in [-0.2, -0.15) is 0 Å². The van der Waals surface area contributed by atoms with Gasteiger partial charge in [-0.15, -0.1) is 12.4 Å². The Hall–Kier alpha value is -1.31. The first-order valence-corrected chi connectivity index (χ1v) is 6.20. The second-order valence-corrected chi connectivity index (χ2v) is 4.40. The topological polar surface area (TPSA) is 26.0 Å². The van der Waals surface area contributed by atoms with Gasteiger partial charge in [0.25, 0.3) is 0 Å². The summed E-state index contributed by atoms with van der Waals surface area (Å²) in [6.07, 6.45) is 1.96. The van der Waals surface area contributed by atoms with Crippen molar-refractivity contribution in [3.05, 3.63) is 60.2 Å². The second-order valence-electron chi connectivity index (χ2n) is 4.40. The summed E-state index contributed by atoms with van der Waals surface area (Å²) in [4.78, 5) is 0. The first-order valence-electron chi connectivity index (χ1n) is 6.20. The van der Waals surface area contributed by atoms with Crippen molar-refractivity contribution in [2.24, 2.45) is 5.73 Å². The Labute approximate surface area is 115 Å². The average molecular weight is 262 g/mol. The Balaban J connectivity index is 0.00000162. The van der Waals surface area contributed by atoms with Crippen LogP contribution < -0.4 is 5.73 Å². The summed E-state index contributed by atoms with van der Waals surface area (Å²) in [5.41, 5.74) is 9.97. The number of hydrogen-bond acceptors (Lipinski definition) is 1. The third-order valence-corrected chi connectivity index (χ3v) is 3.11. The normalized spacial score (nSPS) is 11.7. The van der Waals surface area contributed by atoms with Crippen molar-refractivity contribution in [1.82, 2.24) is 0 Å². The minimum absolute atomic E-state index is 0. The third kappa shape index (κ3) is 3.59. The van der Waals surface area contributed by atoms with Crippen molar-refractivity contribution in [1.29, 1.82) is 0 Å². The fourth-order valence-electron chi connectivity index (χ4n) is 2.02. The number of hydrogen-bond donors (Lipinski definition) is 1. The van der Waals surface area contributed by atoms with Crippen LogP contribution in [0, 0.1) is 0 Å². The van der Waals surface area contributed by atoms with E-state index in [0.29, 0.717) is 0 Å². The predicted molar refractivity (Wildman–Crippen MR) is 81.1 cm³/mol. The summed E-state index contributed by atoms with van der Waals surface area (Å²) >= 11 is 0. The van der Waals surface area contributed by atoms with Crippen LogP contribution >= 0.6 is 12.4 Å². The maximum absolute atomic E-state index is 6.05. The van der Waals surface area contributed by atoms with Crippen molar-refractivity contribution in [3.63, 3.8) is 0 Å². The van der Waals surface area contributed by atoms with E-state index in [4.69, 9.17) is 5.73 Å². The number of benzene rings is 2. The Kier molecular flexibility index (Phi) is 5.90. The molecule has 0 aliphatic carbocycles. The molecule has 0 aliphatic heterocycles. The molecule has 0 aromatic heterocycles. The summed E-state index contributed by atoms with van der Waals surface area (Å²) < 4.78 is 0. The Morgan fingerprint density at radius 1 is 0.944 bits per heavy atom. The quantitative estimate of drug-likeness (QED) is 0.883. The summed E-state index contributed by atoms with van der Waals surface area (Å²) in [5, 5.41) is 0. The standard InChI is InChI=1S/C16H19N.ClH/c1-2-15(17)12-14-10-6-7-11-16(14)13-8-4-3-5-9-13;/h3-11,15H,2,12,17H2,1H3;1H. The monoisotopic (exact) mass is 261 g/mol. The maximum Gasteiger partial charge on any atom is 0.00769 e. The zero-order valence-corrected chi connectivity index (χ0v) is 11.5. The average Bonchev–Trinajstić information content (AvgIpc) is 2.40. The van der Waals surface area contributed by atoms with Crippen molar-refractivity contribution in [3.8, 4) is 11.1 Å². The lowest BCUT2D eigenvalue weighted by atomic mass is 9.95. The maximum atomic E-state index is 6.05. The number of halogens is 1. The minimum Gasteiger partial charge on any atom is -0.327 e. The Morgan fingerprint density at radius 3 is 2.22 bits per heavy atom. The molecular weight excluding hydrogens is 242 g/mol. The number of nitrogens with two attached hydrogens (primary N) is 1. The van der Waals surface area contributed by atoms with Crippen molar-refractivity contribution < 1.29 is 0 Å². The molecule has 0 spiro atoms. The summed E-state index contributed by atoms with van der Waals surface area (Å²) in [7, 11) is 0. The van der Waals surface area contributed by atoms with Crippen LogP contribution in [0.1, 0.15) is 18.9 Å². The van der Waals surface area contributed by atoms with E-state index in [1.807, 2.05) is 6.07 Å². The first-order chi connectivity index (χ1) is 8.31. The molecular formula is C16H20ClN. The van der Waals surface area contributed by atoms with Crippen LogP contribution in [0.5, 0.6) is 0 Å². The molecule has 0 saturated heterocycles. The van der Waals surface area contributed by atoms with Crippen LogP contribution in [-0.2, 0) is 6.42 Å². The molecule has 0 fully saturated rings. The van der Waals surface area contributed by atoms with Gasteiger partial charge < -0.3 is 5.73 Å². The largest absolute Gasteiger partial charge is 0.327 e. The molecule has 18 heavy (non-hydrogen) atoms. The third-order valence-electron chi connectivity index (χ3n) is 3.11. The van der Waals surface area contributed by atoms with Gasteiger partial charge in [0.15, 0.2) is 0 Å². The molecule has 2 aromatic carbocycles. The predicted octanol–water partition coefficient (Wildman–Crippen LogP) is 4.06. The highest BCUT2D eigenvalue weighted by Gasteiger charge is 2.07. The summed E-state index contributed by atoms with van der Waals surface area (Å²) in [5.74, 6) is 0. The van der Waals surface area contributed by atoms with Crippen molar-refractivity contribution >= 4 is 12.4 Å². The van der Waals surface area contributed by atoms with Gasteiger partial charge in [-0.3, -0.25) is 0 Å². The molecule has 2 rings (SSSR count). The van der Waals surface area contributed by atoms with Gasteiger partial charge in [-0.25, -0.2) is 0 Å². The van der Waals surface area contributed by atoms with Crippen LogP contribution in [0.3, 0.4) is 0 Å². The van der Waals surface area contributed by atoms with Crippen molar-refractivity contribution in [2.75, 3.05) is 0 Å². The van der Waals surface area contributed by atoms with E-state index >= 15 is 0 Å². The highest BCUT2D eigenvalue weighted by molar-refractivity contribution is 5.85. The lowest BCUT2D eigenvalue weighted by Gasteiger charge is -2.13. The molecule has 2 heteroatoms. The minimum atomic E-state index is 0. The molecule has 0 amide bonds. The molecule has 2 aromatic rings. The summed E-state index contributed by atoms with van der Waals surface area (Å²) in [6, 6.07) is 19.3. The van der Waals surface area contributed by atoms with Gasteiger partial charge in [-0.05, 0) is 29.5 Å². The lowest BCUT2D eigenvalue weighted by molar-refractivity contribution is 0.647. The van der Waals surface area contributed by atoms with Crippen LogP contribution in [0.2, 0.25) is 0 Å². The van der Waals surface area contributed by atoms with Crippen LogP contribution in [0.4, 0.5) is 0 Å². The van der Waals surface area contributed by atoms with E-state index in [0.717, 1.165) is 12.8 Å². The van der Waals surface area contributed by atoms with Gasteiger partial charge in [0.1, 0.15) is 0 Å². The fourth-order valence-corrected chi connectivity index (χ4v) is 2.02. The van der Waals surface area contributed by atoms with E-state index < -0.39 is 0 Å². The highest BCUT2D eigenvalue weighted by Crippen LogP contribution is 2.24. The molecule has 96 valence electrons. The molecule has 0 bridgehead atoms. The molecule has 0 radical (unpaired) electrons. The molecule has 1 nitrogen and oxygen atoms in total. The highest BCUT2D eigenvalue weighted by atomic mass is 35.5. The molecule has 1 atom stereocenters. The fraction of sp³-hybridized carbons (Fsp3) is 0.250. The van der Waals surface area contributed by atoms with Crippen LogP contribution in [0.25, 0.3) is 11.1 Å². The Bertz CT molecular complexity index is 468. The first kappa shape index (κ1) is 14.7. The molecule has 1 unspecified atom stereocenters. The van der Waals surface area contributed by atoms with E-state index in [-0.39, 0.29) is 18.4 Å². The van der Waals surface area contributed by atoms with Gasteiger partial charge in [0, 0.05) is 6.04 Å². The molecule has 0 heterocycles. The summed E-state index contributed by atoms with van der Waals surface area (Å²) in [6.45, 7) is 2.13. The smallest absolute Gasteiger partial charge is 0.00769 e. The van der Waals surface area contributed by atoms with Crippen LogP contribution in [0.15, 0.2) is 54.6 Å². The SMILES string of the molecule is CCC(N)Cc1ccccc1-c1ccccc1.Cl. The number of rotatable bonds is 4. The molecule has 0 saturated carbocycles. The van der Waals surface area contributed by atoms with E-state index in [2.05, 4.69) is 55.5 Å². The van der Waals surface area contributed by atoms with Crippen molar-refractivity contribution in [2.45, 2.75) is 25.8 Å².